The third-order valence-corrected chi connectivity index (χ3v) is 3.33. The summed E-state index contributed by atoms with van der Waals surface area (Å²) in [6.07, 6.45) is 0. The highest BCUT2D eigenvalue weighted by atomic mass is 16.6. The number of hydrogen-bond donors (Lipinski definition) is 2. The molecule has 0 bridgehead atoms. The second-order valence-corrected chi connectivity index (χ2v) is 5.47. The van der Waals surface area contributed by atoms with E-state index in [1.165, 1.54) is 0 Å². The number of nitrogens with one attached hydrogen (secondary N) is 1. The van der Waals surface area contributed by atoms with Crippen LogP contribution in [-0.4, -0.2) is 30.4 Å². The van der Waals surface area contributed by atoms with Crippen LogP contribution in [0.3, 0.4) is 0 Å². The molecule has 2 rings (SSSR count). The Labute approximate surface area is 108 Å². The van der Waals surface area contributed by atoms with Crippen molar-refractivity contribution in [1.29, 1.82) is 0 Å². The molecule has 0 saturated carbocycles. The van der Waals surface area contributed by atoms with Gasteiger partial charge in [0.05, 0.1) is 19.8 Å². The predicted octanol–water partition coefficient (Wildman–Crippen LogP) is 1.63. The summed E-state index contributed by atoms with van der Waals surface area (Å²) in [7, 11) is 1.61. The fourth-order valence-corrected chi connectivity index (χ4v) is 2.32. The van der Waals surface area contributed by atoms with Gasteiger partial charge in [0.2, 0.25) is 5.79 Å². The zero-order valence-electron chi connectivity index (χ0n) is 11.4. The van der Waals surface area contributed by atoms with Crippen molar-refractivity contribution < 1.29 is 14.6 Å². The second-order valence-electron chi connectivity index (χ2n) is 5.47. The van der Waals surface area contributed by atoms with E-state index in [1.807, 2.05) is 25.1 Å². The Hall–Kier alpha value is -1.10. The number of ether oxygens (including phenoxy) is 2. The number of hydrogen-bond acceptors (Lipinski definition) is 4. The van der Waals surface area contributed by atoms with Crippen molar-refractivity contribution in [3.05, 3.63) is 29.8 Å². The van der Waals surface area contributed by atoms with Gasteiger partial charge in [-0.25, -0.2) is 0 Å². The van der Waals surface area contributed by atoms with Gasteiger partial charge in [0, 0.05) is 11.1 Å². The van der Waals surface area contributed by atoms with E-state index in [0.717, 1.165) is 0 Å². The maximum atomic E-state index is 10.7. The zero-order chi connectivity index (χ0) is 13.4. The van der Waals surface area contributed by atoms with Gasteiger partial charge in [0.15, 0.2) is 0 Å². The first-order valence-electron chi connectivity index (χ1n) is 6.16. The van der Waals surface area contributed by atoms with E-state index in [2.05, 4.69) is 19.2 Å². The molecule has 2 unspecified atom stereocenters. The Morgan fingerprint density at radius 1 is 1.44 bits per heavy atom. The first kappa shape index (κ1) is 13.3. The maximum absolute atomic E-state index is 10.7. The molecule has 1 aliphatic rings. The molecule has 0 spiro atoms. The van der Waals surface area contributed by atoms with E-state index in [1.54, 1.807) is 13.2 Å². The van der Waals surface area contributed by atoms with Crippen LogP contribution in [0.4, 0.5) is 0 Å². The molecule has 100 valence electrons. The Morgan fingerprint density at radius 2 is 2.17 bits per heavy atom. The standard InChI is InChI=1S/C14H21NO3/c1-10-14(16,18-9-13(2,3)15-10)11-6-5-7-12(8-11)17-4/h5-8,10,15-16H,9H2,1-4H3. The van der Waals surface area contributed by atoms with Gasteiger partial charge in [0.1, 0.15) is 5.75 Å². The number of aliphatic hydroxyl groups is 1. The molecule has 0 radical (unpaired) electrons. The van der Waals surface area contributed by atoms with Gasteiger partial charge in [-0.15, -0.1) is 0 Å². The lowest BCUT2D eigenvalue weighted by Gasteiger charge is -2.46. The molecule has 1 saturated heterocycles. The van der Waals surface area contributed by atoms with Crippen LogP contribution in [0, 0.1) is 0 Å². The monoisotopic (exact) mass is 251 g/mol. The highest BCUT2D eigenvalue weighted by molar-refractivity contribution is 5.32. The normalized spacial score (nSPS) is 31.1. The van der Waals surface area contributed by atoms with Gasteiger partial charge in [-0.1, -0.05) is 12.1 Å². The molecular weight excluding hydrogens is 230 g/mol. The quantitative estimate of drug-likeness (QED) is 0.839. The minimum atomic E-state index is -1.32. The molecule has 0 aliphatic carbocycles. The smallest absolute Gasteiger partial charge is 0.208 e. The van der Waals surface area contributed by atoms with Crippen LogP contribution >= 0.6 is 0 Å². The van der Waals surface area contributed by atoms with E-state index in [-0.39, 0.29) is 11.6 Å². The van der Waals surface area contributed by atoms with Crippen molar-refractivity contribution >= 4 is 0 Å². The number of rotatable bonds is 2. The fraction of sp³-hybridized carbons (Fsp3) is 0.571. The van der Waals surface area contributed by atoms with Gasteiger partial charge in [0.25, 0.3) is 0 Å². The Bertz CT molecular complexity index is 433. The topological polar surface area (TPSA) is 50.7 Å². The summed E-state index contributed by atoms with van der Waals surface area (Å²) in [6, 6.07) is 7.14. The van der Waals surface area contributed by atoms with Crippen LogP contribution in [0.15, 0.2) is 24.3 Å². The van der Waals surface area contributed by atoms with Gasteiger partial charge >= 0.3 is 0 Å². The van der Waals surface area contributed by atoms with Crippen LogP contribution in [0.25, 0.3) is 0 Å². The van der Waals surface area contributed by atoms with Crippen molar-refractivity contribution in [2.45, 2.75) is 38.1 Å². The largest absolute Gasteiger partial charge is 0.497 e. The molecule has 18 heavy (non-hydrogen) atoms. The highest BCUT2D eigenvalue weighted by Crippen LogP contribution is 2.34. The average molecular weight is 251 g/mol. The van der Waals surface area contributed by atoms with E-state index < -0.39 is 5.79 Å². The molecule has 4 nitrogen and oxygen atoms in total. The number of morpholine rings is 1. The lowest BCUT2D eigenvalue weighted by Crippen LogP contribution is -2.63. The molecule has 1 fully saturated rings. The predicted molar refractivity (Wildman–Crippen MR) is 69.5 cm³/mol. The molecule has 4 heteroatoms. The summed E-state index contributed by atoms with van der Waals surface area (Å²) in [5, 5.41) is 14.1. The van der Waals surface area contributed by atoms with Gasteiger partial charge in [-0.05, 0) is 32.9 Å². The van der Waals surface area contributed by atoms with Gasteiger partial charge < -0.3 is 19.9 Å². The Balaban J connectivity index is 2.30. The minimum Gasteiger partial charge on any atom is -0.497 e. The van der Waals surface area contributed by atoms with Crippen LogP contribution in [-0.2, 0) is 10.5 Å². The Morgan fingerprint density at radius 3 is 2.78 bits per heavy atom. The third kappa shape index (κ3) is 2.36. The van der Waals surface area contributed by atoms with Gasteiger partial charge in [-0.3, -0.25) is 0 Å². The molecule has 0 aromatic heterocycles. The van der Waals surface area contributed by atoms with E-state index in [0.29, 0.717) is 17.9 Å². The molecule has 1 heterocycles. The van der Waals surface area contributed by atoms with Crippen LogP contribution in [0.5, 0.6) is 5.75 Å². The SMILES string of the molecule is COc1cccc(C2(O)OCC(C)(C)NC2C)c1. The minimum absolute atomic E-state index is 0.134. The van der Waals surface area contributed by atoms with E-state index in [9.17, 15) is 5.11 Å². The average Bonchev–Trinajstić information content (AvgIpc) is 2.34. The summed E-state index contributed by atoms with van der Waals surface area (Å²) in [6.45, 7) is 6.47. The summed E-state index contributed by atoms with van der Waals surface area (Å²) in [5.41, 5.74) is 0.571. The molecule has 2 atom stereocenters. The fourth-order valence-electron chi connectivity index (χ4n) is 2.32. The van der Waals surface area contributed by atoms with Crippen LogP contribution in [0.1, 0.15) is 26.3 Å². The van der Waals surface area contributed by atoms with Crippen molar-refractivity contribution in [2.75, 3.05) is 13.7 Å². The first-order valence-corrected chi connectivity index (χ1v) is 6.16. The second kappa shape index (κ2) is 4.53. The molecular formula is C14H21NO3. The van der Waals surface area contributed by atoms with Crippen molar-refractivity contribution in [3.63, 3.8) is 0 Å². The molecule has 1 aromatic rings. The van der Waals surface area contributed by atoms with Crippen molar-refractivity contribution in [2.24, 2.45) is 0 Å². The summed E-state index contributed by atoms with van der Waals surface area (Å²) >= 11 is 0. The van der Waals surface area contributed by atoms with Crippen LogP contribution < -0.4 is 10.1 Å². The lowest BCUT2D eigenvalue weighted by molar-refractivity contribution is -0.263. The van der Waals surface area contributed by atoms with Crippen LogP contribution in [0.2, 0.25) is 0 Å². The highest BCUT2D eigenvalue weighted by Gasteiger charge is 2.44. The summed E-state index contributed by atoms with van der Waals surface area (Å²) in [4.78, 5) is 0. The van der Waals surface area contributed by atoms with Crippen molar-refractivity contribution in [3.8, 4) is 5.75 Å². The molecule has 1 aromatic carbocycles. The zero-order valence-corrected chi connectivity index (χ0v) is 11.4. The molecule has 2 N–H and O–H groups in total. The Kier molecular flexibility index (Phi) is 3.36. The number of methoxy groups -OCH3 is 1. The van der Waals surface area contributed by atoms with E-state index in [4.69, 9.17) is 9.47 Å². The summed E-state index contributed by atoms with van der Waals surface area (Å²) in [5.74, 6) is -0.606. The molecule has 0 amide bonds. The lowest BCUT2D eigenvalue weighted by atomic mass is 9.92. The van der Waals surface area contributed by atoms with Crippen molar-refractivity contribution in [1.82, 2.24) is 5.32 Å². The summed E-state index contributed by atoms with van der Waals surface area (Å²) < 4.78 is 10.9. The molecule has 1 aliphatic heterocycles. The van der Waals surface area contributed by atoms with Gasteiger partial charge in [-0.2, -0.15) is 0 Å². The first-order chi connectivity index (χ1) is 8.37. The maximum Gasteiger partial charge on any atom is 0.208 e. The number of benzene rings is 1. The third-order valence-electron chi connectivity index (χ3n) is 3.33. The van der Waals surface area contributed by atoms with E-state index >= 15 is 0 Å².